The van der Waals surface area contributed by atoms with Crippen LogP contribution in [0, 0.1) is 20.8 Å². The third kappa shape index (κ3) is 9.40. The molecule has 9 rings (SSSR count). The van der Waals surface area contributed by atoms with Gasteiger partial charge in [0.1, 0.15) is 0 Å². The molecule has 9 aromatic rings. The highest BCUT2D eigenvalue weighted by atomic mass is 15.1. The van der Waals surface area contributed by atoms with E-state index in [2.05, 4.69) is 251 Å². The number of nitrogens with zero attached hydrogens (tertiary/aromatic N) is 2. The molecule has 9 aromatic carbocycles. The number of aliphatic imine (C=N–C) groups is 1. The van der Waals surface area contributed by atoms with Crippen molar-refractivity contribution >= 4 is 39.6 Å². The smallest absolute Gasteiger partial charge is 0.0781 e. The lowest BCUT2D eigenvalue weighted by atomic mass is 9.90. The molecule has 0 amide bonds. The second kappa shape index (κ2) is 20.3. The van der Waals surface area contributed by atoms with Crippen LogP contribution in [0.4, 0.5) is 22.7 Å². The minimum absolute atomic E-state index is 0.800. The Labute approximate surface area is 402 Å². The number of rotatable bonds is 14. The molecule has 0 atom stereocenters. The highest BCUT2D eigenvalue weighted by Gasteiger charge is 2.20. The third-order valence-electron chi connectivity index (χ3n) is 12.7. The Morgan fingerprint density at radius 2 is 0.985 bits per heavy atom. The molecule has 0 bridgehead atoms. The van der Waals surface area contributed by atoms with Crippen LogP contribution < -0.4 is 4.90 Å². The van der Waals surface area contributed by atoms with Crippen LogP contribution >= 0.6 is 0 Å². The molecular weight excluding hydrogens is 821 g/mol. The van der Waals surface area contributed by atoms with Gasteiger partial charge in [-0.1, -0.05) is 208 Å². The summed E-state index contributed by atoms with van der Waals surface area (Å²) in [6.07, 6.45) is 5.67. The predicted molar refractivity (Wildman–Crippen MR) is 294 cm³/mol. The van der Waals surface area contributed by atoms with Crippen molar-refractivity contribution < 1.29 is 0 Å². The summed E-state index contributed by atoms with van der Waals surface area (Å²) in [7, 11) is 0. The average molecular weight is 875 g/mol. The summed E-state index contributed by atoms with van der Waals surface area (Å²) < 4.78 is 0. The number of hydrogen-bond acceptors (Lipinski definition) is 2. The van der Waals surface area contributed by atoms with E-state index in [0.717, 1.165) is 89.7 Å². The Bertz CT molecular complexity index is 3340. The Kier molecular flexibility index (Phi) is 13.3. The molecule has 0 saturated heterocycles. The average Bonchev–Trinajstić information content (AvgIpc) is 3.39. The number of aryl methyl sites for hydroxylation is 2. The lowest BCUT2D eigenvalue weighted by molar-refractivity contribution is 1.27. The lowest BCUT2D eigenvalue weighted by Crippen LogP contribution is -2.10. The molecule has 2 heteroatoms. The van der Waals surface area contributed by atoms with Crippen molar-refractivity contribution in [2.24, 2.45) is 4.99 Å². The van der Waals surface area contributed by atoms with Crippen LogP contribution in [0.1, 0.15) is 33.4 Å². The van der Waals surface area contributed by atoms with Crippen molar-refractivity contribution in [1.82, 2.24) is 0 Å². The van der Waals surface area contributed by atoms with Gasteiger partial charge in [0, 0.05) is 33.8 Å². The highest BCUT2D eigenvalue weighted by Crippen LogP contribution is 2.43. The standard InChI is InChI=1S/C66H54N2/c1-7-22-50(8-2)54-28-20-31-57(43-54)63-42-41-62(56-30-21-29-55(44-56)52-24-12-9-13-25-52)49(6)66(63)67-65(53-26-14-10-15-27-53)48(5)51-36-39-59(40-37-51)68(58-32-16-11-17-33-58)60-38-35-47(4)64(45-60)61-34-19-18-23-46(61)3/h7-45H,1-2,5H2,3-4,6H3/b50-22+,67-65?. The topological polar surface area (TPSA) is 15.6 Å². The van der Waals surface area contributed by atoms with Gasteiger partial charge in [-0.25, -0.2) is 4.99 Å². The second-order valence-electron chi connectivity index (χ2n) is 17.1. The fraction of sp³-hybridized carbons (Fsp3) is 0.0455. The van der Waals surface area contributed by atoms with Gasteiger partial charge >= 0.3 is 0 Å². The zero-order valence-electron chi connectivity index (χ0n) is 39.0. The van der Waals surface area contributed by atoms with E-state index in [1.165, 1.54) is 27.8 Å². The van der Waals surface area contributed by atoms with E-state index < -0.39 is 0 Å². The zero-order valence-corrected chi connectivity index (χ0v) is 39.0. The van der Waals surface area contributed by atoms with Crippen molar-refractivity contribution in [3.63, 3.8) is 0 Å². The van der Waals surface area contributed by atoms with Gasteiger partial charge in [0.15, 0.2) is 0 Å². The van der Waals surface area contributed by atoms with Crippen LogP contribution in [0.25, 0.3) is 55.7 Å². The minimum Gasteiger partial charge on any atom is -0.310 e. The summed E-state index contributed by atoms with van der Waals surface area (Å²) in [5.74, 6) is 0. The number of hydrogen-bond donors (Lipinski definition) is 0. The molecule has 0 fully saturated rings. The predicted octanol–water partition coefficient (Wildman–Crippen LogP) is 18.3. The van der Waals surface area contributed by atoms with Crippen LogP contribution in [0.3, 0.4) is 0 Å². The molecular formula is C66H54N2. The van der Waals surface area contributed by atoms with Crippen molar-refractivity contribution in [3.8, 4) is 44.5 Å². The van der Waals surface area contributed by atoms with Gasteiger partial charge in [0.05, 0.1) is 11.4 Å². The Balaban J connectivity index is 1.18. The van der Waals surface area contributed by atoms with E-state index in [1.807, 2.05) is 18.2 Å². The largest absolute Gasteiger partial charge is 0.310 e. The Morgan fingerprint density at radius 3 is 1.69 bits per heavy atom. The third-order valence-corrected chi connectivity index (χ3v) is 12.7. The van der Waals surface area contributed by atoms with Gasteiger partial charge < -0.3 is 4.90 Å². The minimum atomic E-state index is 0.800. The molecule has 0 saturated carbocycles. The summed E-state index contributed by atoms with van der Waals surface area (Å²) in [4.78, 5) is 8.06. The summed E-state index contributed by atoms with van der Waals surface area (Å²) in [5.41, 5.74) is 22.4. The fourth-order valence-electron chi connectivity index (χ4n) is 9.06. The number of benzene rings is 9. The van der Waals surface area contributed by atoms with E-state index >= 15 is 0 Å². The van der Waals surface area contributed by atoms with Crippen LogP contribution in [0.2, 0.25) is 0 Å². The van der Waals surface area contributed by atoms with E-state index in [4.69, 9.17) is 11.6 Å². The van der Waals surface area contributed by atoms with Crippen molar-refractivity contribution in [2.75, 3.05) is 4.90 Å². The first-order chi connectivity index (χ1) is 33.3. The van der Waals surface area contributed by atoms with E-state index in [1.54, 1.807) is 6.08 Å². The van der Waals surface area contributed by atoms with Gasteiger partial charge in [-0.2, -0.15) is 0 Å². The summed E-state index contributed by atoms with van der Waals surface area (Å²) in [5, 5.41) is 0. The van der Waals surface area contributed by atoms with Gasteiger partial charge in [-0.3, -0.25) is 0 Å². The van der Waals surface area contributed by atoms with Gasteiger partial charge in [0.25, 0.3) is 0 Å². The summed E-state index contributed by atoms with van der Waals surface area (Å²) in [6, 6.07) is 77.5. The maximum atomic E-state index is 5.74. The van der Waals surface area contributed by atoms with Crippen LogP contribution in [0.15, 0.2) is 261 Å². The van der Waals surface area contributed by atoms with Crippen LogP contribution in [0.5, 0.6) is 0 Å². The monoisotopic (exact) mass is 874 g/mol. The molecule has 68 heavy (non-hydrogen) atoms. The van der Waals surface area contributed by atoms with E-state index in [-0.39, 0.29) is 0 Å². The van der Waals surface area contributed by atoms with Gasteiger partial charge in [-0.15, -0.1) is 0 Å². The van der Waals surface area contributed by atoms with Crippen molar-refractivity contribution in [3.05, 3.63) is 290 Å². The summed E-state index contributed by atoms with van der Waals surface area (Å²) >= 11 is 0. The highest BCUT2D eigenvalue weighted by molar-refractivity contribution is 6.32. The van der Waals surface area contributed by atoms with E-state index in [0.29, 0.717) is 0 Å². The Morgan fingerprint density at radius 1 is 0.426 bits per heavy atom. The van der Waals surface area contributed by atoms with Gasteiger partial charge in [-0.05, 0) is 142 Å². The molecule has 0 heterocycles. The molecule has 0 spiro atoms. The first-order valence-corrected chi connectivity index (χ1v) is 23.1. The molecule has 328 valence electrons. The van der Waals surface area contributed by atoms with Crippen molar-refractivity contribution in [2.45, 2.75) is 20.8 Å². The van der Waals surface area contributed by atoms with E-state index in [9.17, 15) is 0 Å². The maximum absolute atomic E-state index is 5.74. The summed E-state index contributed by atoms with van der Waals surface area (Å²) in [6.45, 7) is 19.4. The molecule has 0 N–H and O–H groups in total. The molecule has 0 aromatic heterocycles. The molecule has 2 nitrogen and oxygen atoms in total. The molecule has 0 radical (unpaired) electrons. The maximum Gasteiger partial charge on any atom is 0.0781 e. The SMILES string of the molecule is C=C/C=C(\C=C)c1cccc(-c2ccc(-c3cccc(-c4ccccc4)c3)c(C)c2N=C(C(=C)c2ccc(N(c3ccccc3)c3ccc(C)c(-c4ccccc4C)c3)cc2)c2ccccc2)c1. The molecule has 0 unspecified atom stereocenters. The Hall–Kier alpha value is -8.59. The molecule has 0 aliphatic carbocycles. The first kappa shape index (κ1) is 44.6. The van der Waals surface area contributed by atoms with Crippen LogP contribution in [-0.4, -0.2) is 5.71 Å². The van der Waals surface area contributed by atoms with Gasteiger partial charge in [0.2, 0.25) is 0 Å². The second-order valence-corrected chi connectivity index (χ2v) is 17.1. The molecule has 0 aliphatic rings. The quantitative estimate of drug-likeness (QED) is 0.0785. The normalized spacial score (nSPS) is 11.5. The number of allylic oxidation sites excluding steroid dienone is 5. The zero-order chi connectivity index (χ0) is 47.0. The first-order valence-electron chi connectivity index (χ1n) is 23.1. The lowest BCUT2D eigenvalue weighted by Gasteiger charge is -2.27. The molecule has 0 aliphatic heterocycles. The number of para-hydroxylation sites is 1. The van der Waals surface area contributed by atoms with Crippen LogP contribution in [-0.2, 0) is 0 Å². The number of anilines is 3. The fourth-order valence-corrected chi connectivity index (χ4v) is 9.06. The van der Waals surface area contributed by atoms with Crippen molar-refractivity contribution in [1.29, 1.82) is 0 Å².